The number of ether oxygens (including phenoxy) is 2. The van der Waals surface area contributed by atoms with E-state index >= 15 is 0 Å². The highest BCUT2D eigenvalue weighted by atomic mass is 35.5. The third kappa shape index (κ3) is 5.83. The average Bonchev–Trinajstić information content (AvgIpc) is 3.14. The van der Waals surface area contributed by atoms with Crippen LogP contribution >= 0.6 is 23.4 Å². The van der Waals surface area contributed by atoms with Crippen LogP contribution in [-0.2, 0) is 4.79 Å². The fourth-order valence-corrected chi connectivity index (χ4v) is 3.45. The first-order chi connectivity index (χ1) is 15.4. The third-order valence-electron chi connectivity index (χ3n) is 4.23. The van der Waals surface area contributed by atoms with Gasteiger partial charge in [-0.25, -0.2) is 10.1 Å². The molecule has 0 atom stereocenters. The summed E-state index contributed by atoms with van der Waals surface area (Å²) in [7, 11) is 3.14. The van der Waals surface area contributed by atoms with Crippen molar-refractivity contribution in [1.82, 2.24) is 14.9 Å². The number of benzene rings is 2. The first kappa shape index (κ1) is 23.2. The maximum atomic E-state index is 12.2. The predicted octanol–water partition coefficient (Wildman–Crippen LogP) is 3.23. The summed E-state index contributed by atoms with van der Waals surface area (Å²) in [5, 5.41) is 15.9. The Balaban J connectivity index is 1.60. The smallest absolute Gasteiger partial charge is 0.264 e. The van der Waals surface area contributed by atoms with Gasteiger partial charge in [0.25, 0.3) is 5.95 Å². The summed E-state index contributed by atoms with van der Waals surface area (Å²) >= 11 is 7.06. The fraction of sp³-hybridized carbons (Fsp3) is 0.200. The number of nitrogens with one attached hydrogen (secondary N) is 2. The topological polar surface area (TPSA) is 129 Å². The lowest BCUT2D eigenvalue weighted by atomic mass is 10.1. The van der Waals surface area contributed by atoms with E-state index < -0.39 is 0 Å². The lowest BCUT2D eigenvalue weighted by Gasteiger charge is -2.09. The number of hydrogen-bond donors (Lipinski definition) is 3. The van der Waals surface area contributed by atoms with Crippen molar-refractivity contribution >= 4 is 46.6 Å². The summed E-state index contributed by atoms with van der Waals surface area (Å²) in [5.74, 6) is 7.34. The first-order valence-electron chi connectivity index (χ1n) is 9.32. The van der Waals surface area contributed by atoms with E-state index in [-0.39, 0.29) is 17.6 Å². The highest BCUT2D eigenvalue weighted by Gasteiger charge is 2.13. The number of halogens is 1. The monoisotopic (exact) mass is 475 g/mol. The van der Waals surface area contributed by atoms with Gasteiger partial charge >= 0.3 is 0 Å². The SMILES string of the molecule is COc1ccc(/C(C)=N/Nc2nnc(SCC(=O)Nc3cccc(Cl)c3)n2N)cc1OC. The van der Waals surface area contributed by atoms with Crippen LogP contribution in [0.4, 0.5) is 11.6 Å². The summed E-state index contributed by atoms with van der Waals surface area (Å²) < 4.78 is 11.8. The zero-order chi connectivity index (χ0) is 23.1. The van der Waals surface area contributed by atoms with Crippen LogP contribution in [0, 0.1) is 0 Å². The molecule has 32 heavy (non-hydrogen) atoms. The number of carbonyl (C=O) groups is 1. The number of nitrogen functional groups attached to an aromatic ring is 1. The molecule has 1 aromatic heterocycles. The Bertz CT molecular complexity index is 1140. The van der Waals surface area contributed by atoms with E-state index in [4.69, 9.17) is 26.9 Å². The van der Waals surface area contributed by atoms with Crippen molar-refractivity contribution in [3.63, 3.8) is 0 Å². The average molecular weight is 476 g/mol. The molecule has 0 aliphatic carbocycles. The van der Waals surface area contributed by atoms with Gasteiger partial charge in [0, 0.05) is 16.3 Å². The molecule has 1 heterocycles. The third-order valence-corrected chi connectivity index (χ3v) is 5.41. The van der Waals surface area contributed by atoms with Gasteiger partial charge in [-0.05, 0) is 43.3 Å². The van der Waals surface area contributed by atoms with E-state index in [0.29, 0.717) is 33.1 Å². The molecule has 2 aromatic carbocycles. The Hall–Kier alpha value is -3.44. The second-order valence-corrected chi connectivity index (χ2v) is 7.78. The Labute approximate surface area is 194 Å². The van der Waals surface area contributed by atoms with E-state index in [0.717, 1.165) is 17.3 Å². The second kappa shape index (κ2) is 10.7. The molecule has 3 aromatic rings. The van der Waals surface area contributed by atoms with Crippen LogP contribution in [0.25, 0.3) is 0 Å². The lowest BCUT2D eigenvalue weighted by Crippen LogP contribution is -2.17. The summed E-state index contributed by atoms with van der Waals surface area (Å²) in [6, 6.07) is 12.4. The number of carbonyl (C=O) groups excluding carboxylic acids is 1. The zero-order valence-electron chi connectivity index (χ0n) is 17.6. The van der Waals surface area contributed by atoms with Gasteiger partial charge in [-0.1, -0.05) is 29.4 Å². The molecule has 1 amide bonds. The van der Waals surface area contributed by atoms with E-state index in [2.05, 4.69) is 26.0 Å². The van der Waals surface area contributed by atoms with Crippen LogP contribution in [0.5, 0.6) is 11.5 Å². The van der Waals surface area contributed by atoms with Crippen LogP contribution in [0.1, 0.15) is 12.5 Å². The number of amides is 1. The minimum atomic E-state index is -0.225. The van der Waals surface area contributed by atoms with Gasteiger partial charge in [0.15, 0.2) is 11.5 Å². The maximum absolute atomic E-state index is 12.2. The van der Waals surface area contributed by atoms with Crippen molar-refractivity contribution in [3.05, 3.63) is 53.1 Å². The van der Waals surface area contributed by atoms with Gasteiger partial charge in [0.2, 0.25) is 11.1 Å². The van der Waals surface area contributed by atoms with Crippen LogP contribution in [0.2, 0.25) is 5.02 Å². The molecule has 0 saturated carbocycles. The van der Waals surface area contributed by atoms with Crippen molar-refractivity contribution < 1.29 is 14.3 Å². The Morgan fingerprint density at radius 1 is 1.19 bits per heavy atom. The van der Waals surface area contributed by atoms with Crippen LogP contribution in [0.3, 0.4) is 0 Å². The number of thioether (sulfide) groups is 1. The molecule has 168 valence electrons. The number of rotatable bonds is 9. The molecule has 10 nitrogen and oxygen atoms in total. The number of methoxy groups -OCH3 is 2. The van der Waals surface area contributed by atoms with Gasteiger partial charge in [-0.3, -0.25) is 4.79 Å². The lowest BCUT2D eigenvalue weighted by molar-refractivity contribution is -0.113. The predicted molar refractivity (Wildman–Crippen MR) is 126 cm³/mol. The molecule has 0 aliphatic rings. The number of nitrogens with two attached hydrogens (primary N) is 1. The summed E-state index contributed by atoms with van der Waals surface area (Å²) in [6.45, 7) is 1.82. The largest absolute Gasteiger partial charge is 0.493 e. The van der Waals surface area contributed by atoms with Crippen molar-refractivity contribution in [2.75, 3.05) is 36.6 Å². The molecule has 0 radical (unpaired) electrons. The first-order valence-corrected chi connectivity index (χ1v) is 10.7. The highest BCUT2D eigenvalue weighted by Crippen LogP contribution is 2.28. The summed E-state index contributed by atoms with van der Waals surface area (Å²) in [4.78, 5) is 12.2. The molecule has 0 saturated heterocycles. The molecule has 0 fully saturated rings. The minimum absolute atomic E-state index is 0.0930. The van der Waals surface area contributed by atoms with E-state index in [1.54, 1.807) is 44.6 Å². The van der Waals surface area contributed by atoms with E-state index in [9.17, 15) is 4.79 Å². The van der Waals surface area contributed by atoms with Crippen molar-refractivity contribution in [3.8, 4) is 11.5 Å². The standard InChI is InChI=1S/C20H22ClN7O3S/c1-12(13-7-8-16(30-2)17(9-13)31-3)24-25-19-26-27-20(28(19)22)32-11-18(29)23-15-6-4-5-14(21)10-15/h4-10H,11,22H2,1-3H3,(H,23,29)(H,25,26)/b24-12+. The van der Waals surface area contributed by atoms with Crippen LogP contribution in [-0.4, -0.2) is 46.5 Å². The number of nitrogens with zero attached hydrogens (tertiary/aromatic N) is 4. The molecular formula is C20H22ClN7O3S. The molecule has 3 rings (SSSR count). The van der Waals surface area contributed by atoms with Gasteiger partial charge in [-0.15, -0.1) is 10.2 Å². The zero-order valence-corrected chi connectivity index (χ0v) is 19.2. The molecule has 0 bridgehead atoms. The quantitative estimate of drug-likeness (QED) is 0.186. The Morgan fingerprint density at radius 2 is 1.97 bits per heavy atom. The Morgan fingerprint density at radius 3 is 2.69 bits per heavy atom. The number of hydrazone groups is 1. The van der Waals surface area contributed by atoms with Crippen molar-refractivity contribution in [2.24, 2.45) is 5.10 Å². The molecule has 0 aliphatic heterocycles. The summed E-state index contributed by atoms with van der Waals surface area (Å²) in [5.41, 5.74) is 4.89. The van der Waals surface area contributed by atoms with Gasteiger partial charge in [0.05, 0.1) is 25.7 Å². The molecule has 0 unspecified atom stereocenters. The molecular weight excluding hydrogens is 454 g/mol. The van der Waals surface area contributed by atoms with Gasteiger partial charge in [-0.2, -0.15) is 5.10 Å². The van der Waals surface area contributed by atoms with E-state index in [1.165, 1.54) is 4.68 Å². The molecule has 0 spiro atoms. The van der Waals surface area contributed by atoms with Gasteiger partial charge in [0.1, 0.15) is 0 Å². The summed E-state index contributed by atoms with van der Waals surface area (Å²) in [6.07, 6.45) is 0. The van der Waals surface area contributed by atoms with Crippen LogP contribution < -0.4 is 26.1 Å². The molecule has 12 heteroatoms. The minimum Gasteiger partial charge on any atom is -0.493 e. The fourth-order valence-electron chi connectivity index (χ4n) is 2.60. The van der Waals surface area contributed by atoms with Gasteiger partial charge < -0.3 is 20.6 Å². The van der Waals surface area contributed by atoms with Crippen molar-refractivity contribution in [1.29, 1.82) is 0 Å². The second-order valence-electron chi connectivity index (χ2n) is 6.40. The highest BCUT2D eigenvalue weighted by molar-refractivity contribution is 7.99. The van der Waals surface area contributed by atoms with Crippen molar-refractivity contribution in [2.45, 2.75) is 12.1 Å². The number of hydrogen-bond acceptors (Lipinski definition) is 9. The normalized spacial score (nSPS) is 11.2. The van der Waals surface area contributed by atoms with Crippen LogP contribution in [0.15, 0.2) is 52.7 Å². The maximum Gasteiger partial charge on any atom is 0.264 e. The Kier molecular flexibility index (Phi) is 7.79. The van der Waals surface area contributed by atoms with E-state index in [1.807, 2.05) is 19.1 Å². The molecule has 4 N–H and O–H groups in total. The number of aromatic nitrogens is 3. The number of anilines is 2.